The van der Waals surface area contributed by atoms with E-state index in [0.717, 1.165) is 34.2 Å². The highest BCUT2D eigenvalue weighted by Gasteiger charge is 2.19. The highest BCUT2D eigenvalue weighted by Crippen LogP contribution is 2.30. The Bertz CT molecular complexity index is 1140. The van der Waals surface area contributed by atoms with E-state index in [4.69, 9.17) is 18.6 Å². The van der Waals surface area contributed by atoms with E-state index < -0.39 is 6.09 Å². The lowest BCUT2D eigenvalue weighted by molar-refractivity contribution is -0.117. The number of nitrogens with one attached hydrogen (secondary N) is 1. The smallest absolute Gasteiger partial charge is 0.407 e. The molecule has 1 atom stereocenters. The maximum Gasteiger partial charge on any atom is 0.407 e. The lowest BCUT2D eigenvalue weighted by atomic mass is 9.98. The van der Waals surface area contributed by atoms with Gasteiger partial charge in [0.1, 0.15) is 17.6 Å². The second kappa shape index (κ2) is 11.0. The first kappa shape index (κ1) is 23.5. The van der Waals surface area contributed by atoms with Gasteiger partial charge in [-0.15, -0.1) is 0 Å². The Labute approximate surface area is 198 Å². The summed E-state index contributed by atoms with van der Waals surface area (Å²) in [4.78, 5) is 28.8. The number of benzene rings is 2. The molecule has 0 radical (unpaired) electrons. The number of hydrogen-bond acceptors (Lipinski definition) is 7. The highest BCUT2D eigenvalue weighted by atomic mass is 16.6. The Kier molecular flexibility index (Phi) is 7.59. The first-order valence-corrected chi connectivity index (χ1v) is 11.2. The molecule has 8 heteroatoms. The van der Waals surface area contributed by atoms with Gasteiger partial charge in [0, 0.05) is 25.8 Å². The molecule has 1 fully saturated rings. The van der Waals surface area contributed by atoms with Crippen molar-refractivity contribution in [2.45, 2.75) is 38.8 Å². The summed E-state index contributed by atoms with van der Waals surface area (Å²) in [5, 5.41) is 2.78. The number of ether oxygens (including phenoxy) is 3. The molecule has 1 amide bonds. The summed E-state index contributed by atoms with van der Waals surface area (Å²) in [6, 6.07) is 11.5. The number of methoxy groups -OCH3 is 1. The number of rotatable bonds is 9. The number of Topliss-reactive ketones (excluding diaryl/α,β-unsaturated/α-hetero) is 1. The molecule has 0 saturated carbocycles. The van der Waals surface area contributed by atoms with Crippen molar-refractivity contribution >= 4 is 11.9 Å². The van der Waals surface area contributed by atoms with Crippen molar-refractivity contribution in [2.75, 3.05) is 20.3 Å². The molecule has 34 heavy (non-hydrogen) atoms. The van der Waals surface area contributed by atoms with Crippen LogP contribution in [0.3, 0.4) is 0 Å². The number of carbonyl (C=O) groups is 2. The first-order valence-electron chi connectivity index (χ1n) is 11.2. The van der Waals surface area contributed by atoms with Crippen LogP contribution in [-0.2, 0) is 33.7 Å². The fraction of sp³-hybridized carbons (Fsp3) is 0.346. The van der Waals surface area contributed by atoms with Crippen molar-refractivity contribution in [2.24, 2.45) is 0 Å². The van der Waals surface area contributed by atoms with E-state index in [-0.39, 0.29) is 18.3 Å². The van der Waals surface area contributed by atoms with Gasteiger partial charge in [-0.05, 0) is 35.7 Å². The first-order chi connectivity index (χ1) is 16.5. The van der Waals surface area contributed by atoms with E-state index in [1.165, 1.54) is 6.39 Å². The largest absolute Gasteiger partial charge is 0.496 e. The quantitative estimate of drug-likeness (QED) is 0.510. The molecule has 4 rings (SSSR count). The molecule has 8 nitrogen and oxygen atoms in total. The van der Waals surface area contributed by atoms with Gasteiger partial charge in [-0.1, -0.05) is 29.8 Å². The molecule has 1 saturated heterocycles. The molecule has 0 aliphatic carbocycles. The Morgan fingerprint density at radius 1 is 1.12 bits per heavy atom. The molecule has 1 aliphatic heterocycles. The fourth-order valence-electron chi connectivity index (χ4n) is 4.04. The zero-order valence-electron chi connectivity index (χ0n) is 19.3. The maximum absolute atomic E-state index is 12.8. The third-order valence-corrected chi connectivity index (χ3v) is 5.56. The van der Waals surface area contributed by atoms with Gasteiger partial charge in [0.15, 0.2) is 12.2 Å². The van der Waals surface area contributed by atoms with Gasteiger partial charge in [-0.2, -0.15) is 0 Å². The minimum absolute atomic E-state index is 0.0830. The number of aromatic nitrogens is 1. The summed E-state index contributed by atoms with van der Waals surface area (Å²) >= 11 is 0. The van der Waals surface area contributed by atoms with Crippen molar-refractivity contribution in [1.29, 1.82) is 0 Å². The topological polar surface area (TPSA) is 99.9 Å². The Morgan fingerprint density at radius 2 is 1.94 bits per heavy atom. The van der Waals surface area contributed by atoms with Crippen molar-refractivity contribution < 1.29 is 28.2 Å². The number of ketones is 1. The predicted molar refractivity (Wildman–Crippen MR) is 125 cm³/mol. The molecule has 0 spiro atoms. The van der Waals surface area contributed by atoms with Crippen LogP contribution in [0, 0.1) is 6.92 Å². The number of amides is 1. The van der Waals surface area contributed by atoms with Gasteiger partial charge in [0.2, 0.25) is 0 Å². The SMILES string of the molecule is COc1cc(CC(=O)Cc2cc(C)cc(CNC(=O)O[C@H]3CCOC3)c2)ccc1-c1cnco1. The van der Waals surface area contributed by atoms with Gasteiger partial charge in [0.25, 0.3) is 0 Å². The summed E-state index contributed by atoms with van der Waals surface area (Å²) in [5.41, 5.74) is 4.49. The molecule has 1 aromatic heterocycles. The Morgan fingerprint density at radius 3 is 2.68 bits per heavy atom. The van der Waals surface area contributed by atoms with E-state index in [2.05, 4.69) is 10.3 Å². The maximum atomic E-state index is 12.8. The van der Waals surface area contributed by atoms with Crippen LogP contribution in [0.1, 0.15) is 28.7 Å². The Balaban J connectivity index is 1.35. The van der Waals surface area contributed by atoms with Crippen LogP contribution in [0.15, 0.2) is 53.4 Å². The van der Waals surface area contributed by atoms with Crippen molar-refractivity contribution in [3.8, 4) is 17.1 Å². The summed E-state index contributed by atoms with van der Waals surface area (Å²) in [6.45, 7) is 3.36. The van der Waals surface area contributed by atoms with Gasteiger partial charge < -0.3 is 23.9 Å². The third kappa shape index (κ3) is 6.23. The Hall–Kier alpha value is -3.65. The van der Waals surface area contributed by atoms with Crippen molar-refractivity contribution in [3.63, 3.8) is 0 Å². The zero-order valence-corrected chi connectivity index (χ0v) is 19.3. The van der Waals surface area contributed by atoms with Crippen LogP contribution in [0.25, 0.3) is 11.3 Å². The zero-order chi connectivity index (χ0) is 23.9. The molecule has 2 heterocycles. The van der Waals surface area contributed by atoms with Crippen molar-refractivity contribution in [3.05, 3.63) is 71.2 Å². The van der Waals surface area contributed by atoms with E-state index >= 15 is 0 Å². The minimum atomic E-state index is -0.461. The molecule has 2 aromatic carbocycles. The summed E-state index contributed by atoms with van der Waals surface area (Å²) in [7, 11) is 1.58. The molecule has 0 bridgehead atoms. The predicted octanol–water partition coefficient (Wildman–Crippen LogP) is 4.03. The van der Waals surface area contributed by atoms with E-state index in [1.807, 2.05) is 43.3 Å². The van der Waals surface area contributed by atoms with Crippen LogP contribution >= 0.6 is 0 Å². The van der Waals surface area contributed by atoms with E-state index in [1.54, 1.807) is 13.3 Å². The molecule has 1 N–H and O–H groups in total. The summed E-state index contributed by atoms with van der Waals surface area (Å²) in [6.07, 6.45) is 3.64. The molecule has 1 aliphatic rings. The van der Waals surface area contributed by atoms with Crippen LogP contribution in [0.5, 0.6) is 5.75 Å². The molecule has 3 aromatic rings. The van der Waals surface area contributed by atoms with Crippen LogP contribution in [-0.4, -0.2) is 43.3 Å². The molecular weight excluding hydrogens is 436 g/mol. The van der Waals surface area contributed by atoms with Crippen LogP contribution in [0.2, 0.25) is 0 Å². The summed E-state index contributed by atoms with van der Waals surface area (Å²) in [5.74, 6) is 1.32. The average Bonchev–Trinajstić information content (AvgIpc) is 3.52. The number of carbonyl (C=O) groups excluding carboxylic acids is 2. The fourth-order valence-corrected chi connectivity index (χ4v) is 4.04. The number of aryl methyl sites for hydroxylation is 1. The van der Waals surface area contributed by atoms with Gasteiger partial charge >= 0.3 is 6.09 Å². The third-order valence-electron chi connectivity index (χ3n) is 5.56. The molecular formula is C26H28N2O6. The number of alkyl carbamates (subject to hydrolysis) is 1. The average molecular weight is 465 g/mol. The van der Waals surface area contributed by atoms with Crippen LogP contribution in [0.4, 0.5) is 4.79 Å². The van der Waals surface area contributed by atoms with Crippen LogP contribution < -0.4 is 10.1 Å². The monoisotopic (exact) mass is 464 g/mol. The molecule has 0 unspecified atom stereocenters. The number of nitrogens with zero attached hydrogens (tertiary/aromatic N) is 1. The van der Waals surface area contributed by atoms with Crippen molar-refractivity contribution in [1.82, 2.24) is 10.3 Å². The molecule has 178 valence electrons. The number of hydrogen-bond donors (Lipinski definition) is 1. The minimum Gasteiger partial charge on any atom is -0.496 e. The van der Waals surface area contributed by atoms with Gasteiger partial charge in [-0.25, -0.2) is 9.78 Å². The summed E-state index contributed by atoms with van der Waals surface area (Å²) < 4.78 is 21.4. The van der Waals surface area contributed by atoms with Gasteiger partial charge in [0.05, 0.1) is 32.1 Å². The standard InChI is InChI=1S/C26H28N2O6/c1-17-7-19(9-20(8-17)13-28-26(30)34-22-5-6-32-15-22)11-21(29)10-18-3-4-23(24(12-18)31-2)25-14-27-16-33-25/h3-4,7-9,12,14,16,22H,5-6,10-11,13,15H2,1-2H3,(H,28,30)/t22-/m0/s1. The normalized spacial score (nSPS) is 15.2. The lowest BCUT2D eigenvalue weighted by Crippen LogP contribution is -2.28. The van der Waals surface area contributed by atoms with E-state index in [0.29, 0.717) is 37.7 Å². The second-order valence-corrected chi connectivity index (χ2v) is 8.36. The highest BCUT2D eigenvalue weighted by molar-refractivity contribution is 5.83. The number of oxazole rings is 1. The lowest BCUT2D eigenvalue weighted by Gasteiger charge is -2.12. The van der Waals surface area contributed by atoms with E-state index in [9.17, 15) is 9.59 Å². The second-order valence-electron chi connectivity index (χ2n) is 8.36. The van der Waals surface area contributed by atoms with Gasteiger partial charge in [-0.3, -0.25) is 4.79 Å².